The number of halogens is 3. The fraction of sp³-hybridized carbons (Fsp3) is 0.625. The van der Waals surface area contributed by atoms with Gasteiger partial charge < -0.3 is 0 Å². The average Bonchev–Trinajstić information content (AvgIpc) is 2.65. The first-order valence-corrected chi connectivity index (χ1v) is 4.25. The van der Waals surface area contributed by atoms with Gasteiger partial charge in [-0.15, -0.1) is 13.2 Å². The molecule has 1 aliphatic rings. The number of nitrogens with zero attached hydrogens (tertiary/aromatic N) is 1. The Bertz CT molecular complexity index is 296. The quantitative estimate of drug-likeness (QED) is 0.821. The van der Waals surface area contributed by atoms with Gasteiger partial charge in [0, 0.05) is 6.20 Å². The van der Waals surface area contributed by atoms with E-state index in [9.17, 15) is 13.2 Å². The van der Waals surface area contributed by atoms with E-state index in [0.717, 1.165) is 12.0 Å². The SMILES string of the molecule is FC(F)(F)OCC1CC1c1cn[nH]c1. The van der Waals surface area contributed by atoms with Gasteiger partial charge in [-0.25, -0.2) is 0 Å². The Morgan fingerprint density at radius 2 is 2.36 bits per heavy atom. The van der Waals surface area contributed by atoms with Gasteiger partial charge in [0.25, 0.3) is 0 Å². The molecule has 1 saturated carbocycles. The van der Waals surface area contributed by atoms with E-state index in [2.05, 4.69) is 14.9 Å². The zero-order valence-corrected chi connectivity index (χ0v) is 7.21. The molecule has 0 amide bonds. The second-order valence-corrected chi connectivity index (χ2v) is 3.39. The smallest absolute Gasteiger partial charge is 0.292 e. The van der Waals surface area contributed by atoms with Crippen LogP contribution in [0.4, 0.5) is 13.2 Å². The highest BCUT2D eigenvalue weighted by molar-refractivity contribution is 5.19. The zero-order valence-electron chi connectivity index (χ0n) is 7.21. The highest BCUT2D eigenvalue weighted by Gasteiger charge is 2.42. The molecule has 1 aromatic rings. The molecule has 0 spiro atoms. The van der Waals surface area contributed by atoms with Crippen LogP contribution in [-0.2, 0) is 4.74 Å². The summed E-state index contributed by atoms with van der Waals surface area (Å²) in [6.45, 7) is -0.251. The first-order chi connectivity index (χ1) is 6.56. The van der Waals surface area contributed by atoms with Crippen molar-refractivity contribution in [3.8, 4) is 0 Å². The molecule has 6 heteroatoms. The van der Waals surface area contributed by atoms with Crippen LogP contribution in [0.2, 0.25) is 0 Å². The van der Waals surface area contributed by atoms with Crippen LogP contribution in [-0.4, -0.2) is 23.2 Å². The number of aromatic amines is 1. The van der Waals surface area contributed by atoms with E-state index in [1.165, 1.54) is 0 Å². The molecule has 2 rings (SSSR count). The van der Waals surface area contributed by atoms with Crippen molar-refractivity contribution in [2.45, 2.75) is 18.7 Å². The summed E-state index contributed by atoms with van der Waals surface area (Å²) in [5.41, 5.74) is 0.959. The number of alkyl halides is 3. The van der Waals surface area contributed by atoms with Gasteiger partial charge >= 0.3 is 6.36 Å². The van der Waals surface area contributed by atoms with E-state index < -0.39 is 6.36 Å². The summed E-state index contributed by atoms with van der Waals surface area (Å²) in [4.78, 5) is 0. The second kappa shape index (κ2) is 3.27. The van der Waals surface area contributed by atoms with Crippen molar-refractivity contribution in [2.24, 2.45) is 5.92 Å². The molecule has 0 aliphatic heterocycles. The van der Waals surface area contributed by atoms with E-state index in [0.29, 0.717) is 0 Å². The van der Waals surface area contributed by atoms with Gasteiger partial charge in [-0.2, -0.15) is 5.10 Å². The largest absolute Gasteiger partial charge is 0.522 e. The fourth-order valence-electron chi connectivity index (χ4n) is 1.51. The predicted molar refractivity (Wildman–Crippen MR) is 41.4 cm³/mol. The highest BCUT2D eigenvalue weighted by Crippen LogP contribution is 2.47. The summed E-state index contributed by atoms with van der Waals surface area (Å²) in [7, 11) is 0. The molecule has 1 fully saturated rings. The third kappa shape index (κ3) is 2.25. The molecular formula is C8H9F3N2O. The summed E-state index contributed by atoms with van der Waals surface area (Å²) in [6.07, 6.45) is -0.421. The highest BCUT2D eigenvalue weighted by atomic mass is 19.4. The molecule has 1 N–H and O–H groups in total. The maximum Gasteiger partial charge on any atom is 0.522 e. The van der Waals surface area contributed by atoms with Gasteiger partial charge in [0.1, 0.15) is 0 Å². The summed E-state index contributed by atoms with van der Waals surface area (Å²) in [5, 5.41) is 6.37. The molecule has 0 bridgehead atoms. The minimum atomic E-state index is -4.51. The third-order valence-electron chi connectivity index (χ3n) is 2.33. The molecular weight excluding hydrogens is 197 g/mol. The van der Waals surface area contributed by atoms with Gasteiger partial charge in [0.15, 0.2) is 0 Å². The molecule has 2 atom stereocenters. The maximum absolute atomic E-state index is 11.7. The molecule has 3 nitrogen and oxygen atoms in total. The minimum absolute atomic E-state index is 0.0192. The van der Waals surface area contributed by atoms with E-state index in [1.807, 2.05) is 0 Å². The van der Waals surface area contributed by atoms with Crippen molar-refractivity contribution in [1.29, 1.82) is 0 Å². The number of rotatable bonds is 3. The summed E-state index contributed by atoms with van der Waals surface area (Å²) in [5.74, 6) is 0.158. The van der Waals surface area contributed by atoms with Crippen LogP contribution in [0.25, 0.3) is 0 Å². The Kier molecular flexibility index (Phi) is 2.22. The van der Waals surface area contributed by atoms with Gasteiger partial charge in [-0.1, -0.05) is 0 Å². The lowest BCUT2D eigenvalue weighted by molar-refractivity contribution is -0.326. The molecule has 1 heterocycles. The molecule has 1 aliphatic carbocycles. The topological polar surface area (TPSA) is 37.9 Å². The Hall–Kier alpha value is -1.04. The molecule has 1 aromatic heterocycles. The van der Waals surface area contributed by atoms with Crippen LogP contribution >= 0.6 is 0 Å². The predicted octanol–water partition coefficient (Wildman–Crippen LogP) is 2.05. The van der Waals surface area contributed by atoms with Crippen LogP contribution < -0.4 is 0 Å². The number of nitrogens with one attached hydrogen (secondary N) is 1. The number of hydrogen-bond donors (Lipinski definition) is 1. The lowest BCUT2D eigenvalue weighted by Crippen LogP contribution is -2.15. The van der Waals surface area contributed by atoms with E-state index in [-0.39, 0.29) is 18.4 Å². The number of hydrogen-bond acceptors (Lipinski definition) is 2. The summed E-state index contributed by atoms with van der Waals surface area (Å²) < 4.78 is 38.8. The van der Waals surface area contributed by atoms with Crippen molar-refractivity contribution in [3.63, 3.8) is 0 Å². The Morgan fingerprint density at radius 1 is 1.57 bits per heavy atom. The van der Waals surface area contributed by atoms with E-state index >= 15 is 0 Å². The minimum Gasteiger partial charge on any atom is -0.292 e. The summed E-state index contributed by atoms with van der Waals surface area (Å²) in [6, 6.07) is 0. The van der Waals surface area contributed by atoms with Gasteiger partial charge in [-0.05, 0) is 23.8 Å². The van der Waals surface area contributed by atoms with E-state index in [4.69, 9.17) is 0 Å². The lowest BCUT2D eigenvalue weighted by atomic mass is 10.2. The van der Waals surface area contributed by atoms with Crippen molar-refractivity contribution in [2.75, 3.05) is 6.61 Å². The first kappa shape index (κ1) is 9.51. The van der Waals surface area contributed by atoms with Gasteiger partial charge in [0.2, 0.25) is 0 Å². The van der Waals surface area contributed by atoms with Crippen LogP contribution in [0.5, 0.6) is 0 Å². The zero-order chi connectivity index (χ0) is 10.2. The van der Waals surface area contributed by atoms with Gasteiger partial charge in [-0.3, -0.25) is 9.84 Å². The Morgan fingerprint density at radius 3 is 2.93 bits per heavy atom. The average molecular weight is 206 g/mol. The lowest BCUT2D eigenvalue weighted by Gasteiger charge is -2.05. The van der Waals surface area contributed by atoms with Crippen LogP contribution in [0.15, 0.2) is 12.4 Å². The van der Waals surface area contributed by atoms with Crippen LogP contribution in [0.3, 0.4) is 0 Å². The normalized spacial score (nSPS) is 26.5. The van der Waals surface area contributed by atoms with Crippen molar-refractivity contribution in [3.05, 3.63) is 18.0 Å². The van der Waals surface area contributed by atoms with Crippen molar-refractivity contribution < 1.29 is 17.9 Å². The third-order valence-corrected chi connectivity index (χ3v) is 2.33. The Balaban J connectivity index is 1.78. The molecule has 0 radical (unpaired) electrons. The molecule has 2 unspecified atom stereocenters. The molecule has 14 heavy (non-hydrogen) atoms. The monoisotopic (exact) mass is 206 g/mol. The van der Waals surface area contributed by atoms with Crippen LogP contribution in [0, 0.1) is 5.92 Å². The van der Waals surface area contributed by atoms with Crippen LogP contribution in [0.1, 0.15) is 17.9 Å². The second-order valence-electron chi connectivity index (χ2n) is 3.39. The maximum atomic E-state index is 11.7. The number of H-pyrrole nitrogens is 1. The Labute approximate surface area is 78.3 Å². The van der Waals surface area contributed by atoms with Crippen molar-refractivity contribution >= 4 is 0 Å². The summed E-state index contributed by atoms with van der Waals surface area (Å²) >= 11 is 0. The van der Waals surface area contributed by atoms with Gasteiger partial charge in [0.05, 0.1) is 12.8 Å². The number of aromatic nitrogens is 2. The molecule has 78 valence electrons. The molecule has 0 aromatic carbocycles. The van der Waals surface area contributed by atoms with Crippen molar-refractivity contribution in [1.82, 2.24) is 10.2 Å². The standard InChI is InChI=1S/C8H9F3N2O/c9-8(10,11)14-4-5-1-7(5)6-2-12-13-3-6/h2-3,5,7H,1,4H2,(H,12,13). The van der Waals surface area contributed by atoms with E-state index in [1.54, 1.807) is 12.4 Å². The first-order valence-electron chi connectivity index (χ1n) is 4.25. The number of ether oxygens (including phenoxy) is 1. The molecule has 0 saturated heterocycles. The fourth-order valence-corrected chi connectivity index (χ4v) is 1.51.